The highest BCUT2D eigenvalue weighted by Crippen LogP contribution is 1.85. The van der Waals surface area contributed by atoms with Crippen molar-refractivity contribution in [3.05, 3.63) is 0 Å². The predicted molar refractivity (Wildman–Crippen MR) is 60.4 cm³/mol. The molecule has 1 unspecified atom stereocenters. The van der Waals surface area contributed by atoms with Crippen molar-refractivity contribution in [2.75, 3.05) is 26.3 Å². The van der Waals surface area contributed by atoms with Crippen LogP contribution in [-0.4, -0.2) is 38.3 Å². The smallest absolute Gasteiger partial charge is 0.237 e. The molecular weight excluding hydrogens is 192 g/mol. The van der Waals surface area contributed by atoms with Crippen LogP contribution in [0.2, 0.25) is 0 Å². The molecule has 0 aromatic carbocycles. The van der Waals surface area contributed by atoms with Crippen LogP contribution in [-0.2, 0) is 9.53 Å². The van der Waals surface area contributed by atoms with Gasteiger partial charge in [-0.1, -0.05) is 5.92 Å². The third-order valence-corrected chi connectivity index (χ3v) is 1.88. The summed E-state index contributed by atoms with van der Waals surface area (Å²) in [4.78, 5) is 11.3. The monoisotopic (exact) mass is 212 g/mol. The molecule has 0 aliphatic carbocycles. The number of carbonyl (C=O) groups is 1. The molecule has 0 aromatic heterocycles. The summed E-state index contributed by atoms with van der Waals surface area (Å²) in [6.45, 7) is 6.28. The summed E-state index contributed by atoms with van der Waals surface area (Å²) in [6.07, 6.45) is 5.93. The minimum absolute atomic E-state index is 0.0654. The summed E-state index contributed by atoms with van der Waals surface area (Å²) >= 11 is 0. The fourth-order valence-corrected chi connectivity index (χ4v) is 1.02. The Balaban J connectivity index is 3.43. The summed E-state index contributed by atoms with van der Waals surface area (Å²) in [5.41, 5.74) is 0. The van der Waals surface area contributed by atoms with Crippen LogP contribution in [0.3, 0.4) is 0 Å². The molecule has 0 aromatic rings. The van der Waals surface area contributed by atoms with Gasteiger partial charge in [0.05, 0.1) is 12.6 Å². The first kappa shape index (κ1) is 13.9. The van der Waals surface area contributed by atoms with Crippen molar-refractivity contribution >= 4 is 5.91 Å². The van der Waals surface area contributed by atoms with Gasteiger partial charge < -0.3 is 15.4 Å². The lowest BCUT2D eigenvalue weighted by Crippen LogP contribution is -2.42. The zero-order valence-electron chi connectivity index (χ0n) is 9.51. The Morgan fingerprint density at radius 3 is 2.93 bits per heavy atom. The van der Waals surface area contributed by atoms with Crippen LogP contribution < -0.4 is 10.6 Å². The Hall–Kier alpha value is -1.05. The molecule has 2 N–H and O–H groups in total. The number of carbonyl (C=O) groups excluding carboxylic acids is 1. The average molecular weight is 212 g/mol. The van der Waals surface area contributed by atoms with Gasteiger partial charge in [-0.3, -0.25) is 4.79 Å². The van der Waals surface area contributed by atoms with Crippen molar-refractivity contribution in [2.24, 2.45) is 0 Å². The van der Waals surface area contributed by atoms with E-state index in [2.05, 4.69) is 16.6 Å². The van der Waals surface area contributed by atoms with Crippen molar-refractivity contribution in [3.63, 3.8) is 0 Å². The van der Waals surface area contributed by atoms with Crippen LogP contribution in [0.15, 0.2) is 0 Å². The van der Waals surface area contributed by atoms with Crippen molar-refractivity contribution < 1.29 is 9.53 Å². The quantitative estimate of drug-likeness (QED) is 0.444. The minimum atomic E-state index is -0.208. The second-order valence-electron chi connectivity index (χ2n) is 3.15. The maximum Gasteiger partial charge on any atom is 0.237 e. The van der Waals surface area contributed by atoms with E-state index < -0.39 is 0 Å². The second-order valence-corrected chi connectivity index (χ2v) is 3.15. The fourth-order valence-electron chi connectivity index (χ4n) is 1.02. The summed E-state index contributed by atoms with van der Waals surface area (Å²) in [5.74, 6) is 2.29. The van der Waals surface area contributed by atoms with Crippen molar-refractivity contribution in [1.29, 1.82) is 0 Å². The Labute approximate surface area is 91.8 Å². The second kappa shape index (κ2) is 9.50. The standard InChI is InChI=1S/C11H20N2O2/c1-4-7-13-11(14)10(3)12-8-6-9-15-5-2/h1,10,12H,5-9H2,2-3H3,(H,13,14). The number of hydrogen-bond donors (Lipinski definition) is 2. The molecular formula is C11H20N2O2. The normalized spacial score (nSPS) is 11.8. The van der Waals surface area contributed by atoms with E-state index >= 15 is 0 Å². The molecule has 0 fully saturated rings. The van der Waals surface area contributed by atoms with Gasteiger partial charge in [0.15, 0.2) is 0 Å². The number of rotatable bonds is 8. The van der Waals surface area contributed by atoms with Gasteiger partial charge in [-0.2, -0.15) is 0 Å². The van der Waals surface area contributed by atoms with Crippen LogP contribution >= 0.6 is 0 Å². The third kappa shape index (κ3) is 7.98. The Kier molecular flexibility index (Phi) is 8.84. The SMILES string of the molecule is C#CCNC(=O)C(C)NCCCOCC. The minimum Gasteiger partial charge on any atom is -0.382 e. The zero-order chi connectivity index (χ0) is 11.5. The highest BCUT2D eigenvalue weighted by atomic mass is 16.5. The first-order valence-corrected chi connectivity index (χ1v) is 5.24. The molecule has 0 spiro atoms. The van der Waals surface area contributed by atoms with Gasteiger partial charge in [0, 0.05) is 13.2 Å². The Bertz CT molecular complexity index is 211. The fraction of sp³-hybridized carbons (Fsp3) is 0.727. The van der Waals surface area contributed by atoms with Gasteiger partial charge in [0.1, 0.15) is 0 Å². The molecule has 0 aliphatic heterocycles. The summed E-state index contributed by atoms with van der Waals surface area (Å²) < 4.78 is 5.17. The van der Waals surface area contributed by atoms with Crippen molar-refractivity contribution in [2.45, 2.75) is 26.3 Å². The van der Waals surface area contributed by atoms with E-state index in [1.807, 2.05) is 13.8 Å². The Morgan fingerprint density at radius 2 is 2.33 bits per heavy atom. The van der Waals surface area contributed by atoms with Gasteiger partial charge in [0.25, 0.3) is 0 Å². The lowest BCUT2D eigenvalue weighted by Gasteiger charge is -2.12. The van der Waals surface area contributed by atoms with Crippen molar-refractivity contribution in [1.82, 2.24) is 10.6 Å². The molecule has 0 saturated heterocycles. The number of hydrogen-bond acceptors (Lipinski definition) is 3. The summed E-state index contributed by atoms with van der Waals surface area (Å²) in [7, 11) is 0. The molecule has 1 amide bonds. The summed E-state index contributed by atoms with van der Waals surface area (Å²) in [5, 5.41) is 5.70. The Morgan fingerprint density at radius 1 is 1.60 bits per heavy atom. The van der Waals surface area contributed by atoms with Gasteiger partial charge in [-0.15, -0.1) is 6.42 Å². The van der Waals surface area contributed by atoms with E-state index in [1.54, 1.807) is 0 Å². The highest BCUT2D eigenvalue weighted by Gasteiger charge is 2.09. The van der Waals surface area contributed by atoms with Gasteiger partial charge in [-0.05, 0) is 26.8 Å². The van der Waals surface area contributed by atoms with E-state index in [0.717, 1.165) is 26.2 Å². The maximum absolute atomic E-state index is 11.3. The zero-order valence-corrected chi connectivity index (χ0v) is 9.51. The average Bonchev–Trinajstić information content (AvgIpc) is 2.25. The summed E-state index contributed by atoms with van der Waals surface area (Å²) in [6, 6.07) is -0.208. The number of terminal acetylenes is 1. The number of nitrogens with one attached hydrogen (secondary N) is 2. The lowest BCUT2D eigenvalue weighted by atomic mass is 10.3. The van der Waals surface area contributed by atoms with Crippen molar-refractivity contribution in [3.8, 4) is 12.3 Å². The lowest BCUT2D eigenvalue weighted by molar-refractivity contribution is -0.122. The van der Waals surface area contributed by atoms with E-state index in [4.69, 9.17) is 11.2 Å². The van der Waals surface area contributed by atoms with Crippen LogP contribution in [0.1, 0.15) is 20.3 Å². The van der Waals surface area contributed by atoms with E-state index in [1.165, 1.54) is 0 Å². The molecule has 0 rings (SSSR count). The molecule has 0 bridgehead atoms. The number of amides is 1. The van der Waals surface area contributed by atoms with Crippen LogP contribution in [0.4, 0.5) is 0 Å². The molecule has 4 nitrogen and oxygen atoms in total. The molecule has 15 heavy (non-hydrogen) atoms. The van der Waals surface area contributed by atoms with Crippen LogP contribution in [0.5, 0.6) is 0 Å². The molecule has 4 heteroatoms. The molecule has 0 saturated carbocycles. The maximum atomic E-state index is 11.3. The molecule has 0 radical (unpaired) electrons. The highest BCUT2D eigenvalue weighted by molar-refractivity contribution is 5.81. The van der Waals surface area contributed by atoms with Gasteiger partial charge in [0.2, 0.25) is 5.91 Å². The molecule has 1 atom stereocenters. The van der Waals surface area contributed by atoms with Crippen LogP contribution in [0, 0.1) is 12.3 Å². The van der Waals surface area contributed by atoms with E-state index in [0.29, 0.717) is 0 Å². The third-order valence-electron chi connectivity index (χ3n) is 1.88. The molecule has 86 valence electrons. The van der Waals surface area contributed by atoms with E-state index in [-0.39, 0.29) is 18.5 Å². The predicted octanol–water partition coefficient (Wildman–Crippen LogP) is 0.140. The van der Waals surface area contributed by atoms with Crippen LogP contribution in [0.25, 0.3) is 0 Å². The topological polar surface area (TPSA) is 50.4 Å². The van der Waals surface area contributed by atoms with E-state index in [9.17, 15) is 4.79 Å². The van der Waals surface area contributed by atoms with Gasteiger partial charge >= 0.3 is 0 Å². The largest absolute Gasteiger partial charge is 0.382 e. The van der Waals surface area contributed by atoms with Gasteiger partial charge in [-0.25, -0.2) is 0 Å². The molecule has 0 aliphatic rings. The first-order chi connectivity index (χ1) is 7.22. The number of ether oxygens (including phenoxy) is 1. The first-order valence-electron chi connectivity index (χ1n) is 5.24. The molecule has 0 heterocycles.